The predicted octanol–water partition coefficient (Wildman–Crippen LogP) is 3.34. The van der Waals surface area contributed by atoms with Gasteiger partial charge in [0.05, 0.1) is 17.0 Å². The van der Waals surface area contributed by atoms with Crippen molar-refractivity contribution in [3.8, 4) is 6.07 Å². The number of carbonyl (C=O) groups is 1. The lowest BCUT2D eigenvalue weighted by Crippen LogP contribution is -2.50. The molecule has 2 aromatic rings. The standard InChI is InChI=1S/C22H25ClN4O3S2/c1-15-2-7-18-19(13-24)22(31-20(18)12-15)25-21(28)14-26-8-10-27(11-9-26)32(29,30)17-5-3-16(23)4-6-17/h3-6,15H,2,7-12,14H2,1H3,(H,25,28). The van der Waals surface area contributed by atoms with Crippen LogP contribution in [0.4, 0.5) is 5.00 Å². The Morgan fingerprint density at radius 2 is 1.94 bits per heavy atom. The molecule has 0 bridgehead atoms. The first-order valence-electron chi connectivity index (χ1n) is 10.6. The third-order valence-electron chi connectivity index (χ3n) is 6.03. The molecule has 1 amide bonds. The van der Waals surface area contributed by atoms with E-state index in [2.05, 4.69) is 18.3 Å². The topological polar surface area (TPSA) is 93.5 Å². The van der Waals surface area contributed by atoms with Crippen LogP contribution in [0.2, 0.25) is 5.02 Å². The van der Waals surface area contributed by atoms with E-state index in [1.54, 1.807) is 12.1 Å². The smallest absolute Gasteiger partial charge is 0.243 e. The molecule has 1 aliphatic heterocycles. The van der Waals surface area contributed by atoms with Crippen LogP contribution >= 0.6 is 22.9 Å². The summed E-state index contributed by atoms with van der Waals surface area (Å²) in [5, 5.41) is 13.7. The molecule has 2 aliphatic rings. The van der Waals surface area contributed by atoms with E-state index in [4.69, 9.17) is 11.6 Å². The van der Waals surface area contributed by atoms with Gasteiger partial charge in [-0.05, 0) is 55.0 Å². The minimum atomic E-state index is -3.58. The van der Waals surface area contributed by atoms with E-state index < -0.39 is 10.0 Å². The lowest BCUT2D eigenvalue weighted by atomic mass is 9.89. The monoisotopic (exact) mass is 492 g/mol. The maximum Gasteiger partial charge on any atom is 0.243 e. The summed E-state index contributed by atoms with van der Waals surface area (Å²) in [6.45, 7) is 3.92. The molecule has 1 saturated heterocycles. The fourth-order valence-electron chi connectivity index (χ4n) is 4.21. The quantitative estimate of drug-likeness (QED) is 0.690. The summed E-state index contributed by atoms with van der Waals surface area (Å²) in [5.74, 6) is 0.416. The SMILES string of the molecule is CC1CCc2c(sc(NC(=O)CN3CCN(S(=O)(=O)c4ccc(Cl)cc4)CC3)c2C#N)C1. The molecule has 1 aliphatic carbocycles. The van der Waals surface area contributed by atoms with Gasteiger partial charge in [0.2, 0.25) is 15.9 Å². The molecule has 1 aromatic heterocycles. The van der Waals surface area contributed by atoms with Crippen molar-refractivity contribution in [1.29, 1.82) is 5.26 Å². The van der Waals surface area contributed by atoms with E-state index in [-0.39, 0.29) is 17.3 Å². The van der Waals surface area contributed by atoms with Crippen LogP contribution in [-0.4, -0.2) is 56.3 Å². The highest BCUT2D eigenvalue weighted by molar-refractivity contribution is 7.89. The average Bonchev–Trinajstić information content (AvgIpc) is 3.10. The van der Waals surface area contributed by atoms with E-state index in [1.165, 1.54) is 32.7 Å². The molecule has 1 fully saturated rings. The van der Waals surface area contributed by atoms with Crippen LogP contribution in [0, 0.1) is 17.2 Å². The number of rotatable bonds is 5. The van der Waals surface area contributed by atoms with Gasteiger partial charge in [-0.25, -0.2) is 8.42 Å². The number of nitrogens with one attached hydrogen (secondary N) is 1. The van der Waals surface area contributed by atoms with Gasteiger partial charge < -0.3 is 5.32 Å². The van der Waals surface area contributed by atoms with Crippen LogP contribution < -0.4 is 5.32 Å². The molecule has 32 heavy (non-hydrogen) atoms. The molecule has 4 rings (SSSR count). The van der Waals surface area contributed by atoms with Crippen LogP contribution in [0.3, 0.4) is 0 Å². The number of hydrogen-bond donors (Lipinski definition) is 1. The Balaban J connectivity index is 1.34. The number of anilines is 1. The van der Waals surface area contributed by atoms with Crippen molar-refractivity contribution in [2.75, 3.05) is 38.0 Å². The minimum Gasteiger partial charge on any atom is -0.315 e. The van der Waals surface area contributed by atoms with Crippen molar-refractivity contribution in [1.82, 2.24) is 9.21 Å². The van der Waals surface area contributed by atoms with E-state index in [0.717, 1.165) is 24.8 Å². The summed E-state index contributed by atoms with van der Waals surface area (Å²) in [6, 6.07) is 8.41. The summed E-state index contributed by atoms with van der Waals surface area (Å²) in [4.78, 5) is 16.0. The minimum absolute atomic E-state index is 0.165. The van der Waals surface area contributed by atoms with Gasteiger partial charge in [-0.3, -0.25) is 9.69 Å². The van der Waals surface area contributed by atoms with Gasteiger partial charge in [-0.15, -0.1) is 11.3 Å². The molecule has 0 spiro atoms. The highest BCUT2D eigenvalue weighted by atomic mass is 35.5. The molecular weight excluding hydrogens is 468 g/mol. The summed E-state index contributed by atoms with van der Waals surface area (Å²) in [6.07, 6.45) is 2.90. The van der Waals surface area contributed by atoms with E-state index >= 15 is 0 Å². The van der Waals surface area contributed by atoms with Crippen LogP contribution in [0.25, 0.3) is 0 Å². The van der Waals surface area contributed by atoms with Crippen molar-refractivity contribution in [2.45, 2.75) is 31.1 Å². The van der Waals surface area contributed by atoms with Gasteiger partial charge in [0, 0.05) is 36.1 Å². The summed E-state index contributed by atoms with van der Waals surface area (Å²) in [7, 11) is -3.58. The fourth-order valence-corrected chi connectivity index (χ4v) is 7.14. The number of amides is 1. The molecule has 170 valence electrons. The second-order valence-electron chi connectivity index (χ2n) is 8.35. The average molecular weight is 493 g/mol. The van der Waals surface area contributed by atoms with Crippen LogP contribution in [0.1, 0.15) is 29.3 Å². The van der Waals surface area contributed by atoms with Crippen molar-refractivity contribution in [2.24, 2.45) is 5.92 Å². The number of fused-ring (bicyclic) bond motifs is 1. The number of piperazine rings is 1. The number of halogens is 1. The van der Waals surface area contributed by atoms with Crippen molar-refractivity contribution in [3.63, 3.8) is 0 Å². The Hall–Kier alpha value is -1.96. The van der Waals surface area contributed by atoms with Gasteiger partial charge in [-0.2, -0.15) is 9.57 Å². The molecule has 0 radical (unpaired) electrons. The zero-order valence-corrected chi connectivity index (χ0v) is 20.2. The number of nitriles is 1. The summed E-state index contributed by atoms with van der Waals surface area (Å²) < 4.78 is 27.1. The van der Waals surface area contributed by atoms with E-state index in [9.17, 15) is 18.5 Å². The summed E-state index contributed by atoms with van der Waals surface area (Å²) in [5.41, 5.74) is 1.69. The number of thiophene rings is 1. The zero-order valence-electron chi connectivity index (χ0n) is 17.8. The molecule has 7 nitrogen and oxygen atoms in total. The van der Waals surface area contributed by atoms with Gasteiger partial charge in [-0.1, -0.05) is 18.5 Å². The number of benzene rings is 1. The fraction of sp³-hybridized carbons (Fsp3) is 0.455. The van der Waals surface area contributed by atoms with Crippen LogP contribution in [-0.2, 0) is 27.7 Å². The Labute approximate surface area is 197 Å². The van der Waals surface area contributed by atoms with E-state index in [1.807, 2.05) is 4.90 Å². The zero-order chi connectivity index (χ0) is 22.9. The molecule has 1 aromatic carbocycles. The van der Waals surface area contributed by atoms with Gasteiger partial charge in [0.1, 0.15) is 11.1 Å². The third-order valence-corrected chi connectivity index (χ3v) is 9.36. The van der Waals surface area contributed by atoms with E-state index in [0.29, 0.717) is 47.7 Å². The number of nitrogens with zero attached hydrogens (tertiary/aromatic N) is 3. The second-order valence-corrected chi connectivity index (χ2v) is 11.8. The van der Waals surface area contributed by atoms with Crippen LogP contribution in [0.15, 0.2) is 29.2 Å². The van der Waals surface area contributed by atoms with Crippen molar-refractivity contribution < 1.29 is 13.2 Å². The maximum atomic E-state index is 12.8. The van der Waals surface area contributed by atoms with Gasteiger partial charge in [0.15, 0.2) is 0 Å². The third kappa shape index (κ3) is 4.85. The first-order valence-corrected chi connectivity index (χ1v) is 13.2. The van der Waals surface area contributed by atoms with Crippen molar-refractivity contribution >= 4 is 43.9 Å². The Bertz CT molecular complexity index is 1150. The van der Waals surface area contributed by atoms with Crippen LogP contribution in [0.5, 0.6) is 0 Å². The molecule has 1 N–H and O–H groups in total. The largest absolute Gasteiger partial charge is 0.315 e. The first kappa shape index (κ1) is 23.2. The van der Waals surface area contributed by atoms with Gasteiger partial charge >= 0.3 is 0 Å². The Kier molecular flexibility index (Phi) is 6.89. The predicted molar refractivity (Wildman–Crippen MR) is 126 cm³/mol. The molecular formula is C22H25ClN4O3S2. The molecule has 10 heteroatoms. The molecule has 1 atom stereocenters. The number of hydrogen-bond acceptors (Lipinski definition) is 6. The molecule has 2 heterocycles. The Morgan fingerprint density at radius 3 is 2.59 bits per heavy atom. The lowest BCUT2D eigenvalue weighted by molar-refractivity contribution is -0.117. The molecule has 1 unspecified atom stereocenters. The normalized spacial score (nSPS) is 19.8. The highest BCUT2D eigenvalue weighted by Crippen LogP contribution is 2.39. The number of carbonyl (C=O) groups excluding carboxylic acids is 1. The van der Waals surface area contributed by atoms with Crippen molar-refractivity contribution in [3.05, 3.63) is 45.3 Å². The Morgan fingerprint density at radius 1 is 1.25 bits per heavy atom. The lowest BCUT2D eigenvalue weighted by Gasteiger charge is -2.33. The summed E-state index contributed by atoms with van der Waals surface area (Å²) >= 11 is 7.37. The maximum absolute atomic E-state index is 12.8. The van der Waals surface area contributed by atoms with Gasteiger partial charge in [0.25, 0.3) is 0 Å². The highest BCUT2D eigenvalue weighted by Gasteiger charge is 2.30. The molecule has 0 saturated carbocycles. The second kappa shape index (κ2) is 9.49. The number of sulfonamides is 1. The first-order chi connectivity index (χ1) is 15.3.